The van der Waals surface area contributed by atoms with Crippen LogP contribution in [0.3, 0.4) is 0 Å². The third-order valence-corrected chi connectivity index (χ3v) is 6.94. The molecule has 0 spiro atoms. The average molecular weight is 556 g/mol. The number of rotatable bonds is 12. The van der Waals surface area contributed by atoms with Gasteiger partial charge >= 0.3 is 24.8 Å². The van der Waals surface area contributed by atoms with Crippen molar-refractivity contribution < 1.29 is 28.2 Å². The van der Waals surface area contributed by atoms with Crippen molar-refractivity contribution in [3.8, 4) is 22.5 Å². The molecule has 4 rings (SSSR count). The number of amides is 1. The Morgan fingerprint density at radius 3 is 2.40 bits per heavy atom. The van der Waals surface area contributed by atoms with Crippen molar-refractivity contribution in [1.82, 2.24) is 5.32 Å². The number of thioether (sulfide) groups is 1. The Hall–Kier alpha value is -3.28. The van der Waals surface area contributed by atoms with Crippen molar-refractivity contribution in [3.63, 3.8) is 0 Å². The van der Waals surface area contributed by atoms with Crippen LogP contribution in [0.25, 0.3) is 22.5 Å². The van der Waals surface area contributed by atoms with E-state index in [0.29, 0.717) is 40.4 Å². The van der Waals surface area contributed by atoms with Crippen LogP contribution in [-0.4, -0.2) is 53.9 Å². The van der Waals surface area contributed by atoms with Gasteiger partial charge in [-0.1, -0.05) is 42.5 Å². The molecule has 1 aromatic heterocycles. The first-order chi connectivity index (χ1) is 18.9. The summed E-state index contributed by atoms with van der Waals surface area (Å²) < 4.78 is 25.7. The SMILES string of the molecule is CSCCC(NC(=O)c1ccc(COCc2ccc(-c3ccccc3F)o2)cc1-c1ccccc1C)C(=O)O.[LiH]. The maximum atomic E-state index is 14.1. The minimum atomic E-state index is -1.06. The molecule has 0 aliphatic rings. The minimum absolute atomic E-state index is 0. The van der Waals surface area contributed by atoms with Crippen LogP contribution in [0.5, 0.6) is 0 Å². The second-order valence-electron chi connectivity index (χ2n) is 9.08. The van der Waals surface area contributed by atoms with Crippen molar-refractivity contribution in [2.24, 2.45) is 0 Å². The number of ether oxygens (including phenoxy) is 1. The summed E-state index contributed by atoms with van der Waals surface area (Å²) in [5, 5.41) is 12.3. The summed E-state index contributed by atoms with van der Waals surface area (Å²) in [5.74, 6) is -0.239. The fourth-order valence-corrected chi connectivity index (χ4v) is 4.71. The number of benzene rings is 3. The second-order valence-corrected chi connectivity index (χ2v) is 10.1. The number of carboxylic acid groups (broad SMARTS) is 1. The zero-order valence-electron chi connectivity index (χ0n) is 21.8. The van der Waals surface area contributed by atoms with Gasteiger partial charge in [0.2, 0.25) is 0 Å². The van der Waals surface area contributed by atoms with Gasteiger partial charge in [0.1, 0.15) is 30.0 Å². The van der Waals surface area contributed by atoms with Crippen molar-refractivity contribution >= 4 is 42.5 Å². The summed E-state index contributed by atoms with van der Waals surface area (Å²) in [6, 6.07) is 22.0. The Bertz CT molecular complexity index is 1460. The summed E-state index contributed by atoms with van der Waals surface area (Å²) in [4.78, 5) is 24.9. The molecule has 0 saturated heterocycles. The monoisotopic (exact) mass is 555 g/mol. The molecule has 1 unspecified atom stereocenters. The van der Waals surface area contributed by atoms with Crippen molar-refractivity contribution in [2.75, 3.05) is 12.0 Å². The molecule has 6 nitrogen and oxygen atoms in total. The molecule has 4 aromatic rings. The fourth-order valence-electron chi connectivity index (χ4n) is 4.24. The molecule has 9 heteroatoms. The van der Waals surface area contributed by atoms with E-state index < -0.39 is 17.9 Å². The summed E-state index contributed by atoms with van der Waals surface area (Å²) in [6.45, 7) is 2.40. The number of aliphatic carboxylic acids is 1. The maximum absolute atomic E-state index is 14.1. The molecule has 1 amide bonds. The number of hydrogen-bond acceptors (Lipinski definition) is 5. The van der Waals surface area contributed by atoms with Crippen molar-refractivity contribution in [1.29, 1.82) is 0 Å². The molecule has 0 radical (unpaired) electrons. The molecular formula is C31H31FLiNO5S. The molecular weight excluding hydrogens is 524 g/mol. The zero-order chi connectivity index (χ0) is 27.8. The molecule has 40 heavy (non-hydrogen) atoms. The summed E-state index contributed by atoms with van der Waals surface area (Å²) in [7, 11) is 0. The van der Waals surface area contributed by atoms with Gasteiger partial charge in [0.05, 0.1) is 12.2 Å². The summed E-state index contributed by atoms with van der Waals surface area (Å²) in [5.41, 5.74) is 4.17. The molecule has 204 valence electrons. The van der Waals surface area contributed by atoms with Crippen LogP contribution < -0.4 is 5.32 Å². The number of hydrogen-bond donors (Lipinski definition) is 2. The molecule has 0 aliphatic heterocycles. The van der Waals surface area contributed by atoms with E-state index in [1.807, 2.05) is 43.5 Å². The fraction of sp³-hybridized carbons (Fsp3) is 0.226. The Kier molecular flexibility index (Phi) is 11.7. The van der Waals surface area contributed by atoms with Crippen LogP contribution in [-0.2, 0) is 22.7 Å². The average Bonchev–Trinajstić information content (AvgIpc) is 3.40. The predicted octanol–water partition coefficient (Wildman–Crippen LogP) is 6.07. The van der Waals surface area contributed by atoms with E-state index in [-0.39, 0.29) is 37.9 Å². The third-order valence-electron chi connectivity index (χ3n) is 6.29. The van der Waals surface area contributed by atoms with Crippen molar-refractivity contribution in [2.45, 2.75) is 32.6 Å². The first-order valence-electron chi connectivity index (χ1n) is 12.5. The van der Waals surface area contributed by atoms with E-state index in [1.165, 1.54) is 17.8 Å². The molecule has 0 fully saturated rings. The van der Waals surface area contributed by atoms with E-state index in [0.717, 1.165) is 16.7 Å². The number of aryl methyl sites for hydroxylation is 1. The number of furan rings is 1. The number of halogens is 1. The summed E-state index contributed by atoms with van der Waals surface area (Å²) in [6.07, 6.45) is 2.23. The van der Waals surface area contributed by atoms with Crippen LogP contribution in [0.15, 0.2) is 83.3 Å². The van der Waals surface area contributed by atoms with Crippen LogP contribution in [0.2, 0.25) is 0 Å². The van der Waals surface area contributed by atoms with E-state index in [1.54, 1.807) is 42.5 Å². The van der Waals surface area contributed by atoms with Crippen LogP contribution in [0.1, 0.15) is 33.7 Å². The van der Waals surface area contributed by atoms with E-state index in [2.05, 4.69) is 5.32 Å². The Morgan fingerprint density at radius 2 is 1.70 bits per heavy atom. The van der Waals surface area contributed by atoms with Gasteiger partial charge in [0.25, 0.3) is 5.91 Å². The number of carbonyl (C=O) groups excluding carboxylic acids is 1. The van der Waals surface area contributed by atoms with Gasteiger partial charge in [0.15, 0.2) is 0 Å². The van der Waals surface area contributed by atoms with Crippen molar-refractivity contribution in [3.05, 3.63) is 107 Å². The van der Waals surface area contributed by atoms with Gasteiger partial charge in [-0.15, -0.1) is 0 Å². The molecule has 1 atom stereocenters. The van der Waals surface area contributed by atoms with Gasteiger partial charge in [-0.2, -0.15) is 11.8 Å². The second kappa shape index (κ2) is 14.9. The van der Waals surface area contributed by atoms with Gasteiger partial charge in [0, 0.05) is 5.56 Å². The van der Waals surface area contributed by atoms with E-state index >= 15 is 0 Å². The molecule has 0 bridgehead atoms. The first-order valence-corrected chi connectivity index (χ1v) is 13.9. The number of carboxylic acids is 1. The molecule has 1 heterocycles. The quantitative estimate of drug-likeness (QED) is 0.207. The number of nitrogens with one attached hydrogen (secondary N) is 1. The topological polar surface area (TPSA) is 88.8 Å². The van der Waals surface area contributed by atoms with Gasteiger partial charge in [-0.3, -0.25) is 4.79 Å². The summed E-state index contributed by atoms with van der Waals surface area (Å²) >= 11 is 1.53. The van der Waals surface area contributed by atoms with E-state index in [9.17, 15) is 19.1 Å². The Labute approximate surface area is 249 Å². The normalized spacial score (nSPS) is 11.5. The standard InChI is InChI=1S/C31H30FNO5S.Li.H/c1-20-7-3-4-8-23(20)26-17-21(11-13-24(26)30(34)33-28(31(35)36)15-16-39-2)18-37-19-22-12-14-29(38-22)25-9-5-6-10-27(25)32;;/h3-14,17,28H,15-16,18-19H2,1-2H3,(H,33,34)(H,35,36);;. The third kappa shape index (κ3) is 7.89. The Balaban J connectivity index is 0.00000441. The first kappa shape index (κ1) is 31.2. The van der Waals surface area contributed by atoms with Gasteiger partial charge in [-0.05, 0) is 84.0 Å². The predicted molar refractivity (Wildman–Crippen MR) is 158 cm³/mol. The van der Waals surface area contributed by atoms with E-state index in [4.69, 9.17) is 9.15 Å². The van der Waals surface area contributed by atoms with Gasteiger partial charge < -0.3 is 19.6 Å². The van der Waals surface area contributed by atoms with Gasteiger partial charge in [-0.25, -0.2) is 9.18 Å². The zero-order valence-corrected chi connectivity index (χ0v) is 22.6. The number of carbonyl (C=O) groups is 2. The van der Waals surface area contributed by atoms with Crippen LogP contribution in [0, 0.1) is 12.7 Å². The molecule has 0 aliphatic carbocycles. The molecule has 3 aromatic carbocycles. The molecule has 2 N–H and O–H groups in total. The molecule has 0 saturated carbocycles. The van der Waals surface area contributed by atoms with Crippen LogP contribution >= 0.6 is 11.8 Å². The Morgan fingerprint density at radius 1 is 0.975 bits per heavy atom. The van der Waals surface area contributed by atoms with Crippen LogP contribution in [0.4, 0.5) is 4.39 Å².